The molecule has 0 amide bonds. The lowest BCUT2D eigenvalue weighted by Crippen LogP contribution is -2.30. The van der Waals surface area contributed by atoms with Crippen molar-refractivity contribution >= 4 is 10.2 Å². The molecule has 0 radical (unpaired) electrons. The Morgan fingerprint density at radius 1 is 1.12 bits per heavy atom. The van der Waals surface area contributed by atoms with Gasteiger partial charge in [0.15, 0.2) is 0 Å². The third-order valence-electron chi connectivity index (χ3n) is 3.74. The van der Waals surface area contributed by atoms with E-state index in [9.17, 15) is 12.3 Å². The molecule has 1 heterocycles. The lowest BCUT2D eigenvalue weighted by molar-refractivity contribution is -0.0427. The minimum Gasteiger partial charge on any atom is -0.371 e. The summed E-state index contributed by atoms with van der Waals surface area (Å²) < 4.78 is 39.6. The molecule has 1 aliphatic carbocycles. The first-order chi connectivity index (χ1) is 7.49. The summed E-state index contributed by atoms with van der Waals surface area (Å²) in [7, 11) is -4.40. The molecule has 2 rings (SSSR count). The van der Waals surface area contributed by atoms with E-state index in [1.165, 1.54) is 12.8 Å². The summed E-state index contributed by atoms with van der Waals surface area (Å²) in [6.45, 7) is 0. The molecule has 0 bridgehead atoms. The van der Waals surface area contributed by atoms with Gasteiger partial charge in [-0.3, -0.25) is 0 Å². The summed E-state index contributed by atoms with van der Waals surface area (Å²) in [4.78, 5) is 0. The van der Waals surface area contributed by atoms with Crippen LogP contribution in [0.3, 0.4) is 0 Å². The Morgan fingerprint density at radius 3 is 2.31 bits per heavy atom. The Labute approximate surface area is 96.6 Å². The van der Waals surface area contributed by atoms with Gasteiger partial charge in [-0.15, -0.1) is 3.89 Å². The van der Waals surface area contributed by atoms with E-state index in [2.05, 4.69) is 0 Å². The van der Waals surface area contributed by atoms with E-state index in [-0.39, 0.29) is 5.60 Å². The van der Waals surface area contributed by atoms with Crippen molar-refractivity contribution in [3.05, 3.63) is 0 Å². The maximum Gasteiger partial charge on any atom is 0.304 e. The molecule has 0 aromatic carbocycles. The fourth-order valence-corrected chi connectivity index (χ4v) is 3.65. The maximum atomic E-state index is 12.6. The highest BCUT2D eigenvalue weighted by Crippen LogP contribution is 2.41. The second-order valence-electron chi connectivity index (χ2n) is 5.08. The first-order valence-corrected chi connectivity index (χ1v) is 7.65. The smallest absolute Gasteiger partial charge is 0.304 e. The van der Waals surface area contributed by atoms with Gasteiger partial charge in [-0.2, -0.15) is 8.42 Å². The van der Waals surface area contributed by atoms with Gasteiger partial charge in [0.25, 0.3) is 0 Å². The Kier molecular flexibility index (Phi) is 3.54. The predicted octanol–water partition coefficient (Wildman–Crippen LogP) is 2.56. The largest absolute Gasteiger partial charge is 0.371 e. The van der Waals surface area contributed by atoms with E-state index in [0.717, 1.165) is 32.1 Å². The van der Waals surface area contributed by atoms with Gasteiger partial charge in [0.1, 0.15) is 5.75 Å². The van der Waals surface area contributed by atoms with E-state index in [4.69, 9.17) is 4.74 Å². The molecule has 0 N–H and O–H groups in total. The van der Waals surface area contributed by atoms with Gasteiger partial charge >= 0.3 is 10.2 Å². The molecule has 1 aliphatic heterocycles. The lowest BCUT2D eigenvalue weighted by atomic mass is 9.91. The van der Waals surface area contributed by atoms with Crippen molar-refractivity contribution in [2.75, 3.05) is 5.75 Å². The molecule has 94 valence electrons. The molecule has 16 heavy (non-hydrogen) atoms. The van der Waals surface area contributed by atoms with Crippen LogP contribution in [0, 0.1) is 0 Å². The highest BCUT2D eigenvalue weighted by molar-refractivity contribution is 7.86. The van der Waals surface area contributed by atoms with E-state index in [1.54, 1.807) is 0 Å². The third kappa shape index (κ3) is 3.17. The van der Waals surface area contributed by atoms with Crippen molar-refractivity contribution in [3.8, 4) is 0 Å². The second kappa shape index (κ2) is 4.61. The van der Waals surface area contributed by atoms with Gasteiger partial charge < -0.3 is 4.74 Å². The summed E-state index contributed by atoms with van der Waals surface area (Å²) in [5.41, 5.74) is -0.133. The monoisotopic (exact) mass is 250 g/mol. The van der Waals surface area contributed by atoms with Crippen molar-refractivity contribution in [2.24, 2.45) is 0 Å². The van der Waals surface area contributed by atoms with E-state index >= 15 is 0 Å². The van der Waals surface area contributed by atoms with Crippen LogP contribution in [0.1, 0.15) is 51.4 Å². The van der Waals surface area contributed by atoms with Crippen LogP contribution in [0.2, 0.25) is 0 Å². The molecule has 1 saturated heterocycles. The van der Waals surface area contributed by atoms with Crippen molar-refractivity contribution in [1.29, 1.82) is 0 Å². The van der Waals surface area contributed by atoms with Crippen LogP contribution in [0.5, 0.6) is 0 Å². The van der Waals surface area contributed by atoms with Gasteiger partial charge in [0, 0.05) is 0 Å². The first-order valence-electron chi connectivity index (χ1n) is 6.09. The summed E-state index contributed by atoms with van der Waals surface area (Å²) in [5, 5.41) is 0. The predicted molar refractivity (Wildman–Crippen MR) is 59.4 cm³/mol. The number of rotatable bonds is 2. The minimum atomic E-state index is -4.40. The van der Waals surface area contributed by atoms with Gasteiger partial charge in [0.05, 0.1) is 11.7 Å². The van der Waals surface area contributed by atoms with Crippen LogP contribution < -0.4 is 0 Å². The van der Waals surface area contributed by atoms with Crippen molar-refractivity contribution in [1.82, 2.24) is 0 Å². The van der Waals surface area contributed by atoms with Crippen molar-refractivity contribution in [2.45, 2.75) is 63.1 Å². The van der Waals surface area contributed by atoms with Crippen LogP contribution in [0.15, 0.2) is 0 Å². The van der Waals surface area contributed by atoms with E-state index in [0.29, 0.717) is 6.42 Å². The summed E-state index contributed by atoms with van der Waals surface area (Å²) >= 11 is 0. The average Bonchev–Trinajstić information content (AvgIpc) is 2.41. The molecule has 1 saturated carbocycles. The topological polar surface area (TPSA) is 43.4 Å². The zero-order chi connectivity index (χ0) is 11.6. The molecular weight excluding hydrogens is 231 g/mol. The van der Waals surface area contributed by atoms with Crippen LogP contribution in [-0.4, -0.2) is 25.9 Å². The van der Waals surface area contributed by atoms with Gasteiger partial charge in [-0.25, -0.2) is 0 Å². The highest BCUT2D eigenvalue weighted by Gasteiger charge is 2.41. The van der Waals surface area contributed by atoms with Gasteiger partial charge in [-0.05, 0) is 25.7 Å². The molecule has 1 unspecified atom stereocenters. The minimum absolute atomic E-state index is 0.133. The quantitative estimate of drug-likeness (QED) is 0.707. The molecule has 1 spiro atoms. The first kappa shape index (κ1) is 12.3. The van der Waals surface area contributed by atoms with Gasteiger partial charge in [-0.1, -0.05) is 25.7 Å². The summed E-state index contributed by atoms with van der Waals surface area (Å²) in [6, 6.07) is 0. The molecule has 0 aromatic rings. The zero-order valence-corrected chi connectivity index (χ0v) is 10.3. The Hall–Kier alpha value is -0.160. The Morgan fingerprint density at radius 2 is 1.75 bits per heavy atom. The highest BCUT2D eigenvalue weighted by atomic mass is 32.3. The maximum absolute atomic E-state index is 12.6. The number of hydrogen-bond donors (Lipinski definition) is 0. The Balaban J connectivity index is 1.95. The van der Waals surface area contributed by atoms with Gasteiger partial charge in [0.2, 0.25) is 0 Å². The normalized spacial score (nSPS) is 30.4. The average molecular weight is 250 g/mol. The fraction of sp³-hybridized carbons (Fsp3) is 1.00. The Bertz CT molecular complexity index is 331. The number of hydrogen-bond acceptors (Lipinski definition) is 3. The van der Waals surface area contributed by atoms with Crippen molar-refractivity contribution < 1.29 is 17.0 Å². The summed E-state index contributed by atoms with van der Waals surface area (Å²) in [5.74, 6) is -0.464. The van der Waals surface area contributed by atoms with Crippen LogP contribution in [0.4, 0.5) is 3.89 Å². The molecule has 5 heteroatoms. The molecule has 1 atom stereocenters. The standard InChI is InChI=1S/C11H19FO3S/c12-16(13,14)9-10-5-8-11(15-10)6-3-1-2-4-7-11/h10H,1-9H2. The van der Waals surface area contributed by atoms with E-state index < -0.39 is 22.1 Å². The molecular formula is C11H19FO3S. The number of halogens is 1. The number of ether oxygens (including phenoxy) is 1. The molecule has 3 nitrogen and oxygen atoms in total. The van der Waals surface area contributed by atoms with E-state index in [1.807, 2.05) is 0 Å². The second-order valence-corrected chi connectivity index (χ2v) is 6.49. The third-order valence-corrected chi connectivity index (χ3v) is 4.51. The molecule has 2 aliphatic rings. The van der Waals surface area contributed by atoms with Crippen molar-refractivity contribution in [3.63, 3.8) is 0 Å². The van der Waals surface area contributed by atoms with Crippen LogP contribution in [-0.2, 0) is 15.0 Å². The van der Waals surface area contributed by atoms with Crippen LogP contribution >= 0.6 is 0 Å². The van der Waals surface area contributed by atoms with Crippen LogP contribution in [0.25, 0.3) is 0 Å². The molecule has 2 fully saturated rings. The fourth-order valence-electron chi connectivity index (χ4n) is 2.98. The lowest BCUT2D eigenvalue weighted by Gasteiger charge is -2.27. The zero-order valence-electron chi connectivity index (χ0n) is 9.45. The molecule has 0 aromatic heterocycles. The summed E-state index contributed by atoms with van der Waals surface area (Å²) in [6.07, 6.45) is 7.94. The SMILES string of the molecule is O=S(=O)(F)CC1CCC2(CCCCCC2)O1.